The second-order valence-corrected chi connectivity index (χ2v) is 11.8. The molecule has 0 radical (unpaired) electrons. The maximum absolute atomic E-state index is 13.4. The van der Waals surface area contributed by atoms with Crippen molar-refractivity contribution < 1.29 is 4.79 Å². The predicted octanol–water partition coefficient (Wildman–Crippen LogP) is 5.69. The SMILES string of the molecule is CNc1ncc2cc(-c3cc(NC(=O)Nc4cnc(C(C)(C)C)nc4-c4ccc5ncncc5c4)ccc3C)c(=O)n(C)c2n1. The second-order valence-electron chi connectivity index (χ2n) is 11.8. The molecule has 4 aromatic heterocycles. The number of pyridine rings is 1. The number of nitrogens with one attached hydrogen (secondary N) is 3. The van der Waals surface area contributed by atoms with Crippen molar-refractivity contribution in [2.45, 2.75) is 33.1 Å². The summed E-state index contributed by atoms with van der Waals surface area (Å²) in [5.74, 6) is 1.07. The van der Waals surface area contributed by atoms with Crippen molar-refractivity contribution in [3.05, 3.63) is 89.1 Å². The van der Waals surface area contributed by atoms with E-state index in [0.29, 0.717) is 51.0 Å². The first-order chi connectivity index (χ1) is 21.5. The molecule has 2 amide bonds. The summed E-state index contributed by atoms with van der Waals surface area (Å²) in [5, 5.41) is 10.3. The number of urea groups is 1. The van der Waals surface area contributed by atoms with Crippen LogP contribution in [0.3, 0.4) is 0 Å². The summed E-state index contributed by atoms with van der Waals surface area (Å²) >= 11 is 0. The highest BCUT2D eigenvalue weighted by atomic mass is 16.2. The van der Waals surface area contributed by atoms with Crippen LogP contribution in [0.15, 0.2) is 72.2 Å². The van der Waals surface area contributed by atoms with Gasteiger partial charge in [0.15, 0.2) is 0 Å². The van der Waals surface area contributed by atoms with Gasteiger partial charge in [0.05, 0.1) is 23.1 Å². The molecule has 0 unspecified atom stereocenters. The Hall–Kier alpha value is -5.78. The van der Waals surface area contributed by atoms with Crippen LogP contribution in [0.1, 0.15) is 32.2 Å². The van der Waals surface area contributed by atoms with Gasteiger partial charge in [0.2, 0.25) is 5.95 Å². The van der Waals surface area contributed by atoms with Crippen molar-refractivity contribution in [1.82, 2.24) is 34.5 Å². The fraction of sp³-hybridized carbons (Fsp3) is 0.212. The summed E-state index contributed by atoms with van der Waals surface area (Å²) in [5.41, 5.74) is 5.14. The van der Waals surface area contributed by atoms with Gasteiger partial charge in [0.25, 0.3) is 5.56 Å². The van der Waals surface area contributed by atoms with E-state index >= 15 is 0 Å². The molecule has 0 bridgehead atoms. The molecule has 226 valence electrons. The summed E-state index contributed by atoms with van der Waals surface area (Å²) in [6.07, 6.45) is 6.54. The van der Waals surface area contributed by atoms with Gasteiger partial charge in [0.1, 0.15) is 17.8 Å². The van der Waals surface area contributed by atoms with Crippen LogP contribution >= 0.6 is 0 Å². The third-order valence-corrected chi connectivity index (χ3v) is 7.44. The minimum absolute atomic E-state index is 0.213. The summed E-state index contributed by atoms with van der Waals surface area (Å²) in [6, 6.07) is 12.5. The molecule has 0 saturated carbocycles. The molecule has 3 N–H and O–H groups in total. The van der Waals surface area contributed by atoms with E-state index in [2.05, 4.69) is 40.9 Å². The van der Waals surface area contributed by atoms with Crippen LogP contribution < -0.4 is 21.5 Å². The van der Waals surface area contributed by atoms with Crippen molar-refractivity contribution in [1.29, 1.82) is 0 Å². The van der Waals surface area contributed by atoms with Crippen molar-refractivity contribution in [3.8, 4) is 22.4 Å². The van der Waals surface area contributed by atoms with Gasteiger partial charge in [-0.1, -0.05) is 32.9 Å². The van der Waals surface area contributed by atoms with Crippen LogP contribution in [0, 0.1) is 6.92 Å². The summed E-state index contributed by atoms with van der Waals surface area (Å²) < 4.78 is 1.50. The van der Waals surface area contributed by atoms with Gasteiger partial charge < -0.3 is 16.0 Å². The standard InChI is InChI=1S/C33H32N10O2/c1-18-7-9-22(13-23(18)24-12-21-15-37-31(34-5)42-28(21)43(6)29(24)44)39-32(45)40-26-16-36-30(33(2,3)4)41-27(26)19-8-10-25-20(11-19)14-35-17-38-25/h7-17H,1-6H3,(H,34,37,42)(H2,39,40,45). The van der Waals surface area contributed by atoms with Crippen molar-refractivity contribution in [2.75, 3.05) is 23.0 Å². The van der Waals surface area contributed by atoms with Crippen LogP contribution in [0.5, 0.6) is 0 Å². The Kier molecular flexibility index (Phi) is 7.41. The molecular formula is C33H32N10O2. The Morgan fingerprint density at radius 1 is 0.867 bits per heavy atom. The zero-order valence-corrected chi connectivity index (χ0v) is 25.8. The first-order valence-electron chi connectivity index (χ1n) is 14.3. The third-order valence-electron chi connectivity index (χ3n) is 7.44. The molecule has 0 aliphatic heterocycles. The van der Waals surface area contributed by atoms with Crippen molar-refractivity contribution >= 4 is 45.3 Å². The number of fused-ring (bicyclic) bond motifs is 2. The summed E-state index contributed by atoms with van der Waals surface area (Å²) in [6.45, 7) is 8.01. The lowest BCUT2D eigenvalue weighted by molar-refractivity contribution is 0.262. The zero-order chi connectivity index (χ0) is 31.9. The van der Waals surface area contributed by atoms with Gasteiger partial charge in [-0.15, -0.1) is 0 Å². The maximum Gasteiger partial charge on any atom is 0.323 e. The van der Waals surface area contributed by atoms with Gasteiger partial charge >= 0.3 is 6.03 Å². The zero-order valence-electron chi connectivity index (χ0n) is 25.8. The molecule has 0 spiro atoms. The number of hydrogen-bond acceptors (Lipinski definition) is 9. The van der Waals surface area contributed by atoms with E-state index in [1.807, 2.05) is 52.0 Å². The first-order valence-corrected chi connectivity index (χ1v) is 14.3. The Labute approximate surface area is 259 Å². The van der Waals surface area contributed by atoms with Gasteiger partial charge in [-0.25, -0.2) is 29.7 Å². The number of nitrogens with zero attached hydrogens (tertiary/aromatic N) is 7. The first kappa shape index (κ1) is 29.3. The number of amides is 2. The average Bonchev–Trinajstić information content (AvgIpc) is 3.03. The van der Waals surface area contributed by atoms with E-state index in [1.165, 1.54) is 10.9 Å². The lowest BCUT2D eigenvalue weighted by atomic mass is 9.95. The second kappa shape index (κ2) is 11.4. The number of hydrogen-bond donors (Lipinski definition) is 3. The van der Waals surface area contributed by atoms with Crippen LogP contribution in [-0.2, 0) is 12.5 Å². The molecule has 0 aliphatic rings. The Bertz CT molecular complexity index is 2170. The smallest absolute Gasteiger partial charge is 0.323 e. The lowest BCUT2D eigenvalue weighted by Crippen LogP contribution is -2.22. The monoisotopic (exact) mass is 600 g/mol. The van der Waals surface area contributed by atoms with Gasteiger partial charge in [-0.2, -0.15) is 4.98 Å². The van der Waals surface area contributed by atoms with Gasteiger partial charge in [-0.05, 0) is 48.4 Å². The predicted molar refractivity (Wildman–Crippen MR) is 176 cm³/mol. The number of aryl methyl sites for hydroxylation is 2. The molecule has 2 aromatic carbocycles. The van der Waals surface area contributed by atoms with Crippen molar-refractivity contribution in [2.24, 2.45) is 7.05 Å². The molecule has 6 rings (SSSR count). The van der Waals surface area contributed by atoms with E-state index in [-0.39, 0.29) is 11.0 Å². The van der Waals surface area contributed by atoms with Crippen molar-refractivity contribution in [3.63, 3.8) is 0 Å². The number of anilines is 3. The molecule has 0 aliphatic carbocycles. The number of carbonyl (C=O) groups is 1. The van der Waals surface area contributed by atoms with Crippen LogP contribution in [0.25, 0.3) is 44.3 Å². The van der Waals surface area contributed by atoms with Crippen LogP contribution in [-0.4, -0.2) is 47.5 Å². The minimum atomic E-state index is -0.485. The molecular weight excluding hydrogens is 568 g/mol. The van der Waals surface area contributed by atoms with E-state index in [1.54, 1.807) is 50.9 Å². The van der Waals surface area contributed by atoms with Gasteiger partial charge in [-0.3, -0.25) is 9.36 Å². The molecule has 6 aromatic rings. The Morgan fingerprint density at radius 2 is 1.69 bits per heavy atom. The van der Waals surface area contributed by atoms with Crippen LogP contribution in [0.2, 0.25) is 0 Å². The fourth-order valence-electron chi connectivity index (χ4n) is 5.02. The highest BCUT2D eigenvalue weighted by Crippen LogP contribution is 2.31. The van der Waals surface area contributed by atoms with E-state index < -0.39 is 6.03 Å². The number of aromatic nitrogens is 7. The fourth-order valence-corrected chi connectivity index (χ4v) is 5.02. The lowest BCUT2D eigenvalue weighted by Gasteiger charge is -2.19. The van der Waals surface area contributed by atoms with E-state index in [9.17, 15) is 9.59 Å². The largest absolute Gasteiger partial charge is 0.357 e. The average molecular weight is 601 g/mol. The third kappa shape index (κ3) is 5.77. The Morgan fingerprint density at radius 3 is 2.47 bits per heavy atom. The number of benzene rings is 2. The molecule has 45 heavy (non-hydrogen) atoms. The van der Waals surface area contributed by atoms with E-state index in [4.69, 9.17) is 4.98 Å². The number of rotatable bonds is 5. The minimum Gasteiger partial charge on any atom is -0.357 e. The molecule has 12 nitrogen and oxygen atoms in total. The maximum atomic E-state index is 13.4. The molecule has 4 heterocycles. The molecule has 0 atom stereocenters. The molecule has 12 heteroatoms. The number of carbonyl (C=O) groups excluding carboxylic acids is 1. The highest BCUT2D eigenvalue weighted by molar-refractivity contribution is 6.02. The summed E-state index contributed by atoms with van der Waals surface area (Å²) in [4.78, 5) is 53.4. The van der Waals surface area contributed by atoms with Gasteiger partial charge in [0, 0.05) is 59.5 Å². The van der Waals surface area contributed by atoms with Crippen LogP contribution in [0.4, 0.5) is 22.1 Å². The topological polar surface area (TPSA) is 152 Å². The molecule has 0 fully saturated rings. The summed E-state index contributed by atoms with van der Waals surface area (Å²) in [7, 11) is 3.40. The normalized spacial score (nSPS) is 11.5. The van der Waals surface area contributed by atoms with E-state index in [0.717, 1.165) is 22.0 Å². The quantitative estimate of drug-likeness (QED) is 0.227. The highest BCUT2D eigenvalue weighted by Gasteiger charge is 2.21. The molecule has 0 saturated heterocycles. The Balaban J connectivity index is 1.33.